The van der Waals surface area contributed by atoms with Gasteiger partial charge >= 0.3 is 5.97 Å². The maximum Gasteiger partial charge on any atom is 0.306 e. The number of aliphatic carboxylic acids is 1. The molecule has 2 aromatic heterocycles. The fraction of sp³-hybridized carbons (Fsp3) is 0.423. The van der Waals surface area contributed by atoms with Gasteiger partial charge in [-0.25, -0.2) is 13.8 Å². The van der Waals surface area contributed by atoms with Crippen LogP contribution in [0.2, 0.25) is 0 Å². The molecule has 4 rings (SSSR count). The van der Waals surface area contributed by atoms with Crippen LogP contribution in [-0.4, -0.2) is 26.2 Å². The molecule has 1 aliphatic rings. The summed E-state index contributed by atoms with van der Waals surface area (Å²) in [6, 6.07) is 5.39. The van der Waals surface area contributed by atoms with Gasteiger partial charge in [-0.15, -0.1) is 0 Å². The molecule has 1 aromatic carbocycles. The molecule has 0 radical (unpaired) electrons. The predicted molar refractivity (Wildman–Crippen MR) is 122 cm³/mol. The number of benzene rings is 1. The number of hydrogen-bond acceptors (Lipinski definition) is 4. The van der Waals surface area contributed by atoms with Gasteiger partial charge in [0.2, 0.25) is 0 Å². The number of carbonyl (C=O) groups excluding carboxylic acids is 1. The molecular formula is C26H28F2N2O4. The van der Waals surface area contributed by atoms with Gasteiger partial charge in [0.1, 0.15) is 23.9 Å². The van der Waals surface area contributed by atoms with Crippen molar-refractivity contribution in [2.45, 2.75) is 59.0 Å². The number of halogens is 2. The van der Waals surface area contributed by atoms with Gasteiger partial charge in [0.05, 0.1) is 17.2 Å². The monoisotopic (exact) mass is 470 g/mol. The highest BCUT2D eigenvalue weighted by atomic mass is 19.1. The minimum Gasteiger partial charge on any atom is -0.485 e. The van der Waals surface area contributed by atoms with E-state index in [0.29, 0.717) is 54.4 Å². The number of hydrogen-bond donors (Lipinski definition) is 1. The number of carboxylic acids is 1. The van der Waals surface area contributed by atoms with Crippen LogP contribution in [0.1, 0.15) is 65.8 Å². The summed E-state index contributed by atoms with van der Waals surface area (Å²) in [7, 11) is 0. The van der Waals surface area contributed by atoms with Gasteiger partial charge in [0, 0.05) is 12.6 Å². The van der Waals surface area contributed by atoms with Crippen molar-refractivity contribution >= 4 is 17.4 Å². The molecule has 0 aliphatic heterocycles. The van der Waals surface area contributed by atoms with Gasteiger partial charge < -0.3 is 9.84 Å². The van der Waals surface area contributed by atoms with E-state index in [1.54, 1.807) is 23.6 Å². The van der Waals surface area contributed by atoms with E-state index in [9.17, 15) is 18.4 Å². The molecule has 0 unspecified atom stereocenters. The second-order valence-corrected chi connectivity index (χ2v) is 9.13. The standard InChI is InChI=1S/C26H28F2N2O4/c1-15-12-23(34-14-19-20(27)4-3-5-21(19)28)25-29-16(2)24(30(25)13-15)22(31)11-8-17-6-9-18(10-7-17)26(32)33/h3-5,12-13,17-18H,6-11,14H2,1-2H3,(H,32,33). The highest BCUT2D eigenvalue weighted by Crippen LogP contribution is 2.33. The lowest BCUT2D eigenvalue weighted by Crippen LogP contribution is -2.21. The van der Waals surface area contributed by atoms with Gasteiger partial charge in [-0.1, -0.05) is 6.07 Å². The van der Waals surface area contributed by atoms with Crippen molar-refractivity contribution in [1.29, 1.82) is 0 Å². The molecule has 6 nitrogen and oxygen atoms in total. The quantitative estimate of drug-likeness (QED) is 0.430. The zero-order valence-electron chi connectivity index (χ0n) is 19.3. The average Bonchev–Trinajstić information content (AvgIpc) is 3.13. The molecular weight excluding hydrogens is 442 g/mol. The molecule has 1 saturated carbocycles. The van der Waals surface area contributed by atoms with E-state index in [1.165, 1.54) is 18.2 Å². The predicted octanol–water partition coefficient (Wildman–Crippen LogP) is 5.66. The summed E-state index contributed by atoms with van der Waals surface area (Å²) in [6.07, 6.45) is 5.81. The zero-order chi connectivity index (χ0) is 24.4. The molecule has 1 aliphatic carbocycles. The van der Waals surface area contributed by atoms with E-state index in [0.717, 1.165) is 18.4 Å². The first-order valence-corrected chi connectivity index (χ1v) is 11.6. The summed E-state index contributed by atoms with van der Waals surface area (Å²) >= 11 is 0. The number of ether oxygens (including phenoxy) is 1. The SMILES string of the molecule is Cc1cc(OCc2c(F)cccc2F)c2nc(C)c(C(=O)CCC3CCC(C(=O)O)CC3)n2c1. The number of Topliss-reactive ketones (excluding diaryl/α,β-unsaturated/α-hetero) is 1. The van der Waals surface area contributed by atoms with Crippen LogP contribution < -0.4 is 4.74 Å². The molecule has 0 saturated heterocycles. The summed E-state index contributed by atoms with van der Waals surface area (Å²) in [5.41, 5.74) is 2.10. The Balaban J connectivity index is 1.50. The summed E-state index contributed by atoms with van der Waals surface area (Å²) < 4.78 is 35.5. The Bertz CT molecular complexity index is 1210. The van der Waals surface area contributed by atoms with Gasteiger partial charge in [-0.2, -0.15) is 0 Å². The Morgan fingerprint density at radius 2 is 1.82 bits per heavy atom. The maximum absolute atomic E-state index is 14.0. The first-order chi connectivity index (χ1) is 16.2. The molecule has 0 spiro atoms. The van der Waals surface area contributed by atoms with Crippen LogP contribution in [-0.2, 0) is 11.4 Å². The molecule has 180 valence electrons. The average molecular weight is 471 g/mol. The number of pyridine rings is 1. The molecule has 3 aromatic rings. The lowest BCUT2D eigenvalue weighted by molar-refractivity contribution is -0.143. The fourth-order valence-corrected chi connectivity index (χ4v) is 4.77. The summed E-state index contributed by atoms with van der Waals surface area (Å²) in [6.45, 7) is 3.31. The maximum atomic E-state index is 14.0. The third kappa shape index (κ3) is 4.95. The lowest BCUT2D eigenvalue weighted by Gasteiger charge is -2.25. The number of aryl methyl sites for hydroxylation is 2. The van der Waals surface area contributed by atoms with Crippen LogP contribution in [0.5, 0.6) is 5.75 Å². The van der Waals surface area contributed by atoms with E-state index >= 15 is 0 Å². The second-order valence-electron chi connectivity index (χ2n) is 9.13. The second kappa shape index (κ2) is 9.91. The van der Waals surface area contributed by atoms with Crippen molar-refractivity contribution in [3.8, 4) is 5.75 Å². The number of ketones is 1. The number of rotatable bonds is 8. The molecule has 0 atom stereocenters. The van der Waals surface area contributed by atoms with Crippen LogP contribution in [0.15, 0.2) is 30.5 Å². The third-order valence-corrected chi connectivity index (χ3v) is 6.67. The summed E-state index contributed by atoms with van der Waals surface area (Å²) in [4.78, 5) is 28.8. The minimum absolute atomic E-state index is 0.0398. The molecule has 2 heterocycles. The zero-order valence-corrected chi connectivity index (χ0v) is 19.3. The van der Waals surface area contributed by atoms with Crippen molar-refractivity contribution in [1.82, 2.24) is 9.38 Å². The molecule has 8 heteroatoms. The van der Waals surface area contributed by atoms with Crippen molar-refractivity contribution in [2.75, 3.05) is 0 Å². The third-order valence-electron chi connectivity index (χ3n) is 6.67. The first-order valence-electron chi connectivity index (χ1n) is 11.6. The van der Waals surface area contributed by atoms with Gasteiger partial charge in [-0.05, 0) is 75.6 Å². The first kappa shape index (κ1) is 23.9. The van der Waals surface area contributed by atoms with Gasteiger partial charge in [0.15, 0.2) is 17.2 Å². The smallest absolute Gasteiger partial charge is 0.306 e. The molecule has 1 N–H and O–H groups in total. The fourth-order valence-electron chi connectivity index (χ4n) is 4.77. The van der Waals surface area contributed by atoms with Crippen LogP contribution in [0.25, 0.3) is 5.65 Å². The Morgan fingerprint density at radius 1 is 1.15 bits per heavy atom. The van der Waals surface area contributed by atoms with Crippen molar-refractivity contribution < 1.29 is 28.2 Å². The van der Waals surface area contributed by atoms with Crippen LogP contribution in [0, 0.1) is 37.3 Å². The molecule has 0 amide bonds. The summed E-state index contributed by atoms with van der Waals surface area (Å²) in [5.74, 6) is -1.73. The van der Waals surface area contributed by atoms with E-state index in [-0.39, 0.29) is 23.9 Å². The topological polar surface area (TPSA) is 80.9 Å². The number of imidazole rings is 1. The number of carboxylic acid groups (broad SMARTS) is 1. The largest absolute Gasteiger partial charge is 0.485 e. The van der Waals surface area contributed by atoms with Gasteiger partial charge in [-0.3, -0.25) is 14.0 Å². The number of fused-ring (bicyclic) bond motifs is 1. The van der Waals surface area contributed by atoms with E-state index < -0.39 is 17.6 Å². The highest BCUT2D eigenvalue weighted by molar-refractivity contribution is 5.96. The lowest BCUT2D eigenvalue weighted by atomic mass is 9.79. The van der Waals surface area contributed by atoms with Crippen molar-refractivity contribution in [3.63, 3.8) is 0 Å². The van der Waals surface area contributed by atoms with Crippen molar-refractivity contribution in [3.05, 3.63) is 64.6 Å². The number of nitrogens with zero attached hydrogens (tertiary/aromatic N) is 2. The van der Waals surface area contributed by atoms with E-state index in [4.69, 9.17) is 9.84 Å². The molecule has 0 bridgehead atoms. The van der Waals surface area contributed by atoms with E-state index in [2.05, 4.69) is 4.98 Å². The van der Waals surface area contributed by atoms with Gasteiger partial charge in [0.25, 0.3) is 0 Å². The van der Waals surface area contributed by atoms with Crippen LogP contribution in [0.3, 0.4) is 0 Å². The van der Waals surface area contributed by atoms with E-state index in [1.807, 2.05) is 6.92 Å². The number of carbonyl (C=O) groups is 2. The Hall–Kier alpha value is -3.29. The Labute approximate surface area is 196 Å². The van der Waals surface area contributed by atoms with Crippen LogP contribution in [0.4, 0.5) is 8.78 Å². The highest BCUT2D eigenvalue weighted by Gasteiger charge is 2.27. The molecule has 1 fully saturated rings. The Morgan fingerprint density at radius 3 is 2.47 bits per heavy atom. The molecule has 34 heavy (non-hydrogen) atoms. The normalized spacial score (nSPS) is 18.2. The summed E-state index contributed by atoms with van der Waals surface area (Å²) in [5, 5.41) is 9.16. The minimum atomic E-state index is -0.734. The van der Waals surface area contributed by atoms with Crippen LogP contribution >= 0.6 is 0 Å². The number of aromatic nitrogens is 2. The van der Waals surface area contributed by atoms with Crippen molar-refractivity contribution in [2.24, 2.45) is 11.8 Å². The Kier molecular flexibility index (Phi) is 6.95.